The van der Waals surface area contributed by atoms with Crippen molar-refractivity contribution in [1.29, 1.82) is 0 Å². The third-order valence-corrected chi connectivity index (χ3v) is 5.78. The average molecular weight is 443 g/mol. The fraction of sp³-hybridized carbons (Fsp3) is 0.160. The summed E-state index contributed by atoms with van der Waals surface area (Å²) < 4.78 is 17.7. The molecule has 0 bridgehead atoms. The van der Waals surface area contributed by atoms with Crippen molar-refractivity contribution in [2.45, 2.75) is 0 Å². The van der Waals surface area contributed by atoms with Gasteiger partial charge in [0, 0.05) is 44.1 Å². The van der Waals surface area contributed by atoms with Crippen LogP contribution in [0.5, 0.6) is 0 Å². The van der Waals surface area contributed by atoms with E-state index in [-0.39, 0.29) is 17.5 Å². The number of benzene rings is 2. The lowest BCUT2D eigenvalue weighted by Gasteiger charge is -2.34. The Labute approximate surface area is 190 Å². The summed E-state index contributed by atoms with van der Waals surface area (Å²) in [4.78, 5) is 29.6. The first kappa shape index (κ1) is 20.7. The van der Waals surface area contributed by atoms with Crippen molar-refractivity contribution in [3.63, 3.8) is 0 Å². The van der Waals surface area contributed by atoms with Crippen LogP contribution in [-0.2, 0) is 0 Å². The number of carbonyl (C=O) groups is 2. The zero-order valence-corrected chi connectivity index (χ0v) is 17.8. The van der Waals surface area contributed by atoms with Gasteiger partial charge in [0.25, 0.3) is 11.8 Å². The van der Waals surface area contributed by atoms with E-state index in [0.717, 1.165) is 0 Å². The zero-order valence-electron chi connectivity index (χ0n) is 17.8. The van der Waals surface area contributed by atoms with Crippen molar-refractivity contribution < 1.29 is 14.0 Å². The van der Waals surface area contributed by atoms with E-state index in [9.17, 15) is 14.0 Å². The second kappa shape index (κ2) is 8.74. The van der Waals surface area contributed by atoms with Gasteiger partial charge in [-0.2, -0.15) is 5.10 Å². The molecule has 0 unspecified atom stereocenters. The standard InChI is InChI=1S/C25H22FN5O2/c26-21-10-4-5-11-22(21)31-23(28-12-6-7-13-28)20(18-27-31)25(33)30-16-14-29(15-17-30)24(32)19-8-2-1-3-9-19/h1-13,18H,14-17H2. The smallest absolute Gasteiger partial charge is 0.259 e. The van der Waals surface area contributed by atoms with Gasteiger partial charge in [-0.3, -0.25) is 9.59 Å². The van der Waals surface area contributed by atoms with Gasteiger partial charge in [0.1, 0.15) is 17.1 Å². The van der Waals surface area contributed by atoms with Gasteiger partial charge >= 0.3 is 0 Å². The van der Waals surface area contributed by atoms with Crippen LogP contribution in [0.2, 0.25) is 0 Å². The van der Waals surface area contributed by atoms with Gasteiger partial charge in [0.2, 0.25) is 0 Å². The van der Waals surface area contributed by atoms with E-state index in [0.29, 0.717) is 43.1 Å². The normalized spacial score (nSPS) is 13.8. The summed E-state index contributed by atoms with van der Waals surface area (Å²) in [6, 6.07) is 19.1. The van der Waals surface area contributed by atoms with Gasteiger partial charge in [0.05, 0.1) is 6.20 Å². The highest BCUT2D eigenvalue weighted by atomic mass is 19.1. The lowest BCUT2D eigenvalue weighted by Crippen LogP contribution is -2.50. The Bertz CT molecular complexity index is 1280. The van der Waals surface area contributed by atoms with Gasteiger partial charge in [-0.25, -0.2) is 9.07 Å². The molecule has 1 aliphatic heterocycles. The molecule has 0 radical (unpaired) electrons. The summed E-state index contributed by atoms with van der Waals surface area (Å²) in [6.45, 7) is 1.71. The molecule has 0 saturated carbocycles. The number of para-hydroxylation sites is 1. The number of hydrogen-bond acceptors (Lipinski definition) is 3. The Hall–Kier alpha value is -4.20. The predicted molar refractivity (Wildman–Crippen MR) is 121 cm³/mol. The molecule has 2 aromatic carbocycles. The van der Waals surface area contributed by atoms with Crippen LogP contribution in [0.1, 0.15) is 20.7 Å². The molecule has 0 N–H and O–H groups in total. The van der Waals surface area contributed by atoms with E-state index in [2.05, 4.69) is 5.10 Å². The minimum atomic E-state index is -0.430. The van der Waals surface area contributed by atoms with E-state index < -0.39 is 5.82 Å². The van der Waals surface area contributed by atoms with Crippen LogP contribution in [0.25, 0.3) is 11.5 Å². The summed E-state index contributed by atoms with van der Waals surface area (Å²) in [6.07, 6.45) is 5.06. The molecule has 0 atom stereocenters. The van der Waals surface area contributed by atoms with Crippen molar-refractivity contribution in [2.24, 2.45) is 0 Å². The van der Waals surface area contributed by atoms with Gasteiger partial charge in [-0.05, 0) is 36.4 Å². The van der Waals surface area contributed by atoms with Gasteiger partial charge in [-0.15, -0.1) is 0 Å². The topological polar surface area (TPSA) is 63.4 Å². The highest BCUT2D eigenvalue weighted by Crippen LogP contribution is 2.23. The highest BCUT2D eigenvalue weighted by molar-refractivity contribution is 5.98. The van der Waals surface area contributed by atoms with Gasteiger partial charge in [-0.1, -0.05) is 30.3 Å². The van der Waals surface area contributed by atoms with E-state index >= 15 is 0 Å². The average Bonchev–Trinajstić information content (AvgIpc) is 3.54. The minimum Gasteiger partial charge on any atom is -0.335 e. The molecular weight excluding hydrogens is 421 g/mol. The second-order valence-electron chi connectivity index (χ2n) is 7.79. The summed E-state index contributed by atoms with van der Waals surface area (Å²) in [5, 5.41) is 4.35. The molecule has 33 heavy (non-hydrogen) atoms. The molecule has 0 aliphatic carbocycles. The maximum absolute atomic E-state index is 14.5. The number of nitrogens with zero attached hydrogens (tertiary/aromatic N) is 5. The van der Waals surface area contributed by atoms with Crippen LogP contribution < -0.4 is 0 Å². The van der Waals surface area contributed by atoms with Crippen molar-refractivity contribution in [3.8, 4) is 11.5 Å². The molecule has 8 heteroatoms. The Morgan fingerprint density at radius 3 is 2.03 bits per heavy atom. The van der Waals surface area contributed by atoms with Crippen LogP contribution in [0, 0.1) is 5.82 Å². The Kier molecular flexibility index (Phi) is 5.48. The summed E-state index contributed by atoms with van der Waals surface area (Å²) in [5.74, 6) is -0.199. The van der Waals surface area contributed by atoms with Crippen molar-refractivity contribution in [3.05, 3.63) is 102 Å². The molecule has 1 aliphatic rings. The van der Waals surface area contributed by atoms with Crippen LogP contribution in [0.15, 0.2) is 85.3 Å². The van der Waals surface area contributed by atoms with Crippen LogP contribution in [0.4, 0.5) is 4.39 Å². The summed E-state index contributed by atoms with van der Waals surface area (Å²) >= 11 is 0. The largest absolute Gasteiger partial charge is 0.335 e. The number of halogens is 1. The van der Waals surface area contributed by atoms with Crippen LogP contribution in [0.3, 0.4) is 0 Å². The molecule has 2 amide bonds. The molecular formula is C25H22FN5O2. The Morgan fingerprint density at radius 1 is 0.758 bits per heavy atom. The number of aromatic nitrogens is 3. The summed E-state index contributed by atoms with van der Waals surface area (Å²) in [5.41, 5.74) is 1.27. The fourth-order valence-corrected chi connectivity index (χ4v) is 4.06. The maximum atomic E-state index is 14.5. The quantitative estimate of drug-likeness (QED) is 0.486. The lowest BCUT2D eigenvalue weighted by atomic mass is 10.1. The van der Waals surface area contributed by atoms with Crippen LogP contribution >= 0.6 is 0 Å². The Balaban J connectivity index is 1.40. The fourth-order valence-electron chi connectivity index (χ4n) is 4.06. The molecule has 4 aromatic rings. The van der Waals surface area contributed by atoms with E-state index in [1.807, 2.05) is 30.3 Å². The molecule has 0 spiro atoms. The molecule has 2 aromatic heterocycles. The molecule has 5 rings (SSSR count). The van der Waals surface area contributed by atoms with E-state index in [1.165, 1.54) is 16.9 Å². The monoisotopic (exact) mass is 443 g/mol. The molecule has 3 heterocycles. The van der Waals surface area contributed by atoms with Crippen molar-refractivity contribution in [1.82, 2.24) is 24.1 Å². The molecule has 1 fully saturated rings. The highest BCUT2D eigenvalue weighted by Gasteiger charge is 2.29. The maximum Gasteiger partial charge on any atom is 0.259 e. The second-order valence-corrected chi connectivity index (χ2v) is 7.79. The van der Waals surface area contributed by atoms with Gasteiger partial charge in [0.15, 0.2) is 5.82 Å². The number of hydrogen-bond donors (Lipinski definition) is 0. The first-order valence-corrected chi connectivity index (χ1v) is 10.7. The van der Waals surface area contributed by atoms with Crippen LogP contribution in [-0.4, -0.2) is 62.1 Å². The lowest BCUT2D eigenvalue weighted by molar-refractivity contribution is 0.0535. The molecule has 1 saturated heterocycles. The number of carbonyl (C=O) groups excluding carboxylic acids is 2. The van der Waals surface area contributed by atoms with E-state index in [4.69, 9.17) is 0 Å². The number of amides is 2. The third kappa shape index (κ3) is 3.91. The number of rotatable bonds is 4. The zero-order chi connectivity index (χ0) is 22.8. The Morgan fingerprint density at radius 2 is 1.36 bits per heavy atom. The predicted octanol–water partition coefficient (Wildman–Crippen LogP) is 3.40. The first-order valence-electron chi connectivity index (χ1n) is 10.7. The summed E-state index contributed by atoms with van der Waals surface area (Å²) in [7, 11) is 0. The SMILES string of the molecule is O=C(c1ccccc1)N1CCN(C(=O)c2cnn(-c3ccccc3F)c2-n2cccc2)CC1. The van der Waals surface area contributed by atoms with Crippen molar-refractivity contribution in [2.75, 3.05) is 26.2 Å². The molecule has 166 valence electrons. The number of piperazine rings is 1. The van der Waals surface area contributed by atoms with E-state index in [1.54, 1.807) is 57.1 Å². The first-order chi connectivity index (χ1) is 16.1. The van der Waals surface area contributed by atoms with Crippen molar-refractivity contribution >= 4 is 11.8 Å². The molecule has 7 nitrogen and oxygen atoms in total. The third-order valence-electron chi connectivity index (χ3n) is 5.78. The minimum absolute atomic E-state index is 0.0388. The van der Waals surface area contributed by atoms with Gasteiger partial charge < -0.3 is 14.4 Å².